The summed E-state index contributed by atoms with van der Waals surface area (Å²) in [5, 5.41) is 0. The number of ketones is 1. The lowest BCUT2D eigenvalue weighted by Gasteiger charge is -2.27. The molecule has 2 heterocycles. The number of rotatable bonds is 9. The van der Waals surface area contributed by atoms with Gasteiger partial charge < -0.3 is 4.74 Å². The standard InChI is InChI=1S/C30H36N2O2/c1-22(2)17-29(28-6-4-5-25(19-28)21-32-13-15-34-16-14-32)30(33)20-24-7-9-26(10-8-24)27-11-12-31-23(3)18-27/h4-12,18-19,22,29H,13-17,20-21H2,1-3H3. The van der Waals surface area contributed by atoms with Crippen LogP contribution in [0.3, 0.4) is 0 Å². The molecule has 34 heavy (non-hydrogen) atoms. The van der Waals surface area contributed by atoms with E-state index in [0.717, 1.165) is 67.2 Å². The molecule has 0 spiro atoms. The summed E-state index contributed by atoms with van der Waals surface area (Å²) >= 11 is 0. The van der Waals surface area contributed by atoms with Gasteiger partial charge in [-0.15, -0.1) is 0 Å². The van der Waals surface area contributed by atoms with Crippen LogP contribution >= 0.6 is 0 Å². The van der Waals surface area contributed by atoms with Crippen molar-refractivity contribution in [1.82, 2.24) is 9.88 Å². The normalized spacial score (nSPS) is 15.4. The van der Waals surface area contributed by atoms with Gasteiger partial charge in [-0.1, -0.05) is 62.4 Å². The van der Waals surface area contributed by atoms with Crippen LogP contribution in [0.5, 0.6) is 0 Å². The van der Waals surface area contributed by atoms with E-state index in [1.165, 1.54) is 5.56 Å². The molecule has 1 aliphatic rings. The van der Waals surface area contributed by atoms with Crippen LogP contribution in [-0.2, 0) is 22.5 Å². The van der Waals surface area contributed by atoms with E-state index in [4.69, 9.17) is 4.74 Å². The van der Waals surface area contributed by atoms with Gasteiger partial charge in [0.1, 0.15) is 5.78 Å². The maximum absolute atomic E-state index is 13.5. The number of carbonyl (C=O) groups excluding carboxylic acids is 1. The predicted octanol–water partition coefficient (Wildman–Crippen LogP) is 5.83. The van der Waals surface area contributed by atoms with Crippen LogP contribution in [-0.4, -0.2) is 42.0 Å². The maximum atomic E-state index is 13.5. The van der Waals surface area contributed by atoms with Crippen molar-refractivity contribution in [1.29, 1.82) is 0 Å². The minimum absolute atomic E-state index is 0.0767. The smallest absolute Gasteiger partial charge is 0.144 e. The van der Waals surface area contributed by atoms with Crippen molar-refractivity contribution in [3.63, 3.8) is 0 Å². The number of benzene rings is 2. The van der Waals surface area contributed by atoms with Gasteiger partial charge in [0, 0.05) is 43.9 Å². The lowest BCUT2D eigenvalue weighted by atomic mass is 9.84. The summed E-state index contributed by atoms with van der Waals surface area (Å²) in [5.74, 6) is 0.672. The van der Waals surface area contributed by atoms with Crippen molar-refractivity contribution in [2.24, 2.45) is 5.92 Å². The Bertz CT molecular complexity index is 1080. The van der Waals surface area contributed by atoms with Gasteiger partial charge in [0.05, 0.1) is 13.2 Å². The number of pyridine rings is 1. The number of nitrogens with zero attached hydrogens (tertiary/aromatic N) is 2. The first-order valence-electron chi connectivity index (χ1n) is 12.4. The van der Waals surface area contributed by atoms with Crippen molar-refractivity contribution in [2.75, 3.05) is 26.3 Å². The van der Waals surface area contributed by atoms with Crippen LogP contribution in [0.25, 0.3) is 11.1 Å². The molecular weight excluding hydrogens is 420 g/mol. The van der Waals surface area contributed by atoms with E-state index in [1.54, 1.807) is 0 Å². The highest BCUT2D eigenvalue weighted by Gasteiger charge is 2.23. The topological polar surface area (TPSA) is 42.4 Å². The summed E-state index contributed by atoms with van der Waals surface area (Å²) in [7, 11) is 0. The predicted molar refractivity (Wildman–Crippen MR) is 138 cm³/mol. The molecule has 0 aliphatic carbocycles. The lowest BCUT2D eigenvalue weighted by molar-refractivity contribution is -0.120. The summed E-state index contributed by atoms with van der Waals surface area (Å²) in [5.41, 5.74) is 6.80. The van der Waals surface area contributed by atoms with E-state index in [2.05, 4.69) is 78.3 Å². The van der Waals surface area contributed by atoms with E-state index in [1.807, 2.05) is 19.2 Å². The molecule has 0 saturated carbocycles. The largest absolute Gasteiger partial charge is 0.379 e. The molecule has 1 aromatic heterocycles. The summed E-state index contributed by atoms with van der Waals surface area (Å²) in [6.45, 7) is 10.8. The average Bonchev–Trinajstić information content (AvgIpc) is 2.84. The molecule has 4 rings (SSSR count). The molecule has 0 N–H and O–H groups in total. The number of ether oxygens (including phenoxy) is 1. The van der Waals surface area contributed by atoms with Crippen molar-refractivity contribution in [3.05, 3.63) is 89.2 Å². The molecule has 1 aliphatic heterocycles. The number of aryl methyl sites for hydroxylation is 1. The monoisotopic (exact) mass is 456 g/mol. The van der Waals surface area contributed by atoms with Crippen LogP contribution in [0.4, 0.5) is 0 Å². The third-order valence-electron chi connectivity index (χ3n) is 6.52. The Labute approximate surface area is 204 Å². The van der Waals surface area contributed by atoms with Gasteiger partial charge in [0.25, 0.3) is 0 Å². The van der Waals surface area contributed by atoms with Crippen LogP contribution < -0.4 is 0 Å². The first kappa shape index (κ1) is 24.3. The average molecular weight is 457 g/mol. The molecule has 0 radical (unpaired) electrons. The van der Waals surface area contributed by atoms with Gasteiger partial charge in [-0.2, -0.15) is 0 Å². The Morgan fingerprint density at radius 3 is 2.44 bits per heavy atom. The summed E-state index contributed by atoms with van der Waals surface area (Å²) < 4.78 is 5.48. The van der Waals surface area contributed by atoms with Crippen molar-refractivity contribution in [3.8, 4) is 11.1 Å². The second kappa shape index (κ2) is 11.5. The number of Topliss-reactive ketones (excluding diaryl/α,β-unsaturated/α-hetero) is 1. The van der Waals surface area contributed by atoms with Crippen molar-refractivity contribution < 1.29 is 9.53 Å². The van der Waals surface area contributed by atoms with Gasteiger partial charge in [0.15, 0.2) is 0 Å². The number of aromatic nitrogens is 1. The molecule has 2 aromatic carbocycles. The minimum atomic E-state index is -0.0767. The Morgan fingerprint density at radius 1 is 0.971 bits per heavy atom. The van der Waals surface area contributed by atoms with Crippen LogP contribution in [0.1, 0.15) is 48.6 Å². The Hall–Kier alpha value is -2.82. The van der Waals surface area contributed by atoms with E-state index < -0.39 is 0 Å². The Morgan fingerprint density at radius 2 is 1.74 bits per heavy atom. The van der Waals surface area contributed by atoms with Crippen molar-refractivity contribution in [2.45, 2.75) is 46.1 Å². The van der Waals surface area contributed by atoms with Crippen LogP contribution in [0, 0.1) is 12.8 Å². The summed E-state index contributed by atoms with van der Waals surface area (Å²) in [6.07, 6.45) is 3.17. The molecule has 4 heteroatoms. The first-order chi connectivity index (χ1) is 16.5. The van der Waals surface area contributed by atoms with Gasteiger partial charge in [-0.05, 0) is 59.2 Å². The Balaban J connectivity index is 1.48. The fourth-order valence-corrected chi connectivity index (χ4v) is 4.72. The van der Waals surface area contributed by atoms with Crippen LogP contribution in [0.2, 0.25) is 0 Å². The number of morpholine rings is 1. The summed E-state index contributed by atoms with van der Waals surface area (Å²) in [4.78, 5) is 20.2. The molecule has 1 saturated heterocycles. The second-order valence-electron chi connectivity index (χ2n) is 9.84. The highest BCUT2D eigenvalue weighted by atomic mass is 16.5. The molecule has 1 atom stereocenters. The van der Waals surface area contributed by atoms with Crippen LogP contribution in [0.15, 0.2) is 66.9 Å². The zero-order valence-corrected chi connectivity index (χ0v) is 20.7. The molecular formula is C30H36N2O2. The third kappa shape index (κ3) is 6.62. The summed E-state index contributed by atoms with van der Waals surface area (Å²) in [6, 6.07) is 21.2. The van der Waals surface area contributed by atoms with Gasteiger partial charge >= 0.3 is 0 Å². The zero-order valence-electron chi connectivity index (χ0n) is 20.7. The first-order valence-corrected chi connectivity index (χ1v) is 12.4. The number of carbonyl (C=O) groups is 1. The molecule has 1 unspecified atom stereocenters. The second-order valence-corrected chi connectivity index (χ2v) is 9.84. The van der Waals surface area contributed by atoms with Crippen molar-refractivity contribution >= 4 is 5.78 Å². The van der Waals surface area contributed by atoms with Gasteiger partial charge in [-0.25, -0.2) is 0 Å². The maximum Gasteiger partial charge on any atom is 0.144 e. The highest BCUT2D eigenvalue weighted by Crippen LogP contribution is 2.28. The van der Waals surface area contributed by atoms with E-state index in [-0.39, 0.29) is 5.92 Å². The number of hydrogen-bond acceptors (Lipinski definition) is 4. The number of hydrogen-bond donors (Lipinski definition) is 0. The molecule has 3 aromatic rings. The molecule has 0 amide bonds. The Kier molecular flexibility index (Phi) is 8.25. The highest BCUT2D eigenvalue weighted by molar-refractivity contribution is 5.87. The minimum Gasteiger partial charge on any atom is -0.379 e. The van der Waals surface area contributed by atoms with E-state index >= 15 is 0 Å². The quantitative estimate of drug-likeness (QED) is 0.406. The fourth-order valence-electron chi connectivity index (χ4n) is 4.72. The molecule has 4 nitrogen and oxygen atoms in total. The third-order valence-corrected chi connectivity index (χ3v) is 6.52. The SMILES string of the molecule is Cc1cc(-c2ccc(CC(=O)C(CC(C)C)c3cccc(CN4CCOCC4)c3)cc2)ccn1. The van der Waals surface area contributed by atoms with E-state index in [9.17, 15) is 4.79 Å². The van der Waals surface area contributed by atoms with Gasteiger partial charge in [-0.3, -0.25) is 14.7 Å². The zero-order chi connectivity index (χ0) is 23.9. The molecule has 178 valence electrons. The van der Waals surface area contributed by atoms with Gasteiger partial charge in [0.2, 0.25) is 0 Å². The molecule has 0 bridgehead atoms. The van der Waals surface area contributed by atoms with E-state index in [0.29, 0.717) is 18.1 Å². The lowest BCUT2D eigenvalue weighted by Crippen LogP contribution is -2.35. The molecule has 1 fully saturated rings. The fraction of sp³-hybridized carbons (Fsp3) is 0.400.